The van der Waals surface area contributed by atoms with Crippen molar-refractivity contribution in [3.8, 4) is 22.6 Å². The summed E-state index contributed by atoms with van der Waals surface area (Å²) < 4.78 is 10.9. The van der Waals surface area contributed by atoms with Gasteiger partial charge in [0.1, 0.15) is 0 Å². The normalized spacial score (nSPS) is 19.2. The lowest BCUT2D eigenvalue weighted by Gasteiger charge is -2.18. The number of ether oxygens (including phenoxy) is 2. The van der Waals surface area contributed by atoms with Crippen molar-refractivity contribution in [1.82, 2.24) is 5.32 Å². The van der Waals surface area contributed by atoms with E-state index in [2.05, 4.69) is 29.6 Å². The fraction of sp³-hybridized carbons (Fsp3) is 0.333. The lowest BCUT2D eigenvalue weighted by Crippen LogP contribution is -2.26. The molecule has 2 N–H and O–H groups in total. The maximum Gasteiger partial charge on any atom is 0.161 e. The first kappa shape index (κ1) is 17.5. The van der Waals surface area contributed by atoms with Gasteiger partial charge in [0.15, 0.2) is 11.5 Å². The average Bonchev–Trinajstić information content (AvgIpc) is 3.14. The summed E-state index contributed by atoms with van der Waals surface area (Å²) in [5, 5.41) is 12.8. The average molecular weight is 339 g/mol. The molecule has 2 aromatic carbocycles. The lowest BCUT2D eigenvalue weighted by atomic mass is 9.98. The zero-order chi connectivity index (χ0) is 17.6. The van der Waals surface area contributed by atoms with E-state index in [1.165, 1.54) is 0 Å². The van der Waals surface area contributed by atoms with Crippen molar-refractivity contribution in [1.29, 1.82) is 0 Å². The quantitative estimate of drug-likeness (QED) is 0.759. The number of hydrogen-bond donors (Lipinski definition) is 2. The molecule has 0 saturated heterocycles. The predicted molar refractivity (Wildman–Crippen MR) is 99.9 cm³/mol. The molecule has 2 atom stereocenters. The second-order valence-electron chi connectivity index (χ2n) is 6.28. The highest BCUT2D eigenvalue weighted by atomic mass is 16.5. The summed E-state index contributed by atoms with van der Waals surface area (Å²) in [7, 11) is 3.31. The Morgan fingerprint density at radius 2 is 1.76 bits per heavy atom. The van der Waals surface area contributed by atoms with Gasteiger partial charge in [0.25, 0.3) is 0 Å². The van der Waals surface area contributed by atoms with Crippen LogP contribution >= 0.6 is 0 Å². The molecular formula is C21H25NO3. The van der Waals surface area contributed by atoms with Gasteiger partial charge in [0.2, 0.25) is 0 Å². The van der Waals surface area contributed by atoms with Crippen molar-refractivity contribution < 1.29 is 14.6 Å². The molecule has 0 saturated carbocycles. The maximum absolute atomic E-state index is 9.28. The third kappa shape index (κ3) is 4.03. The van der Waals surface area contributed by atoms with E-state index in [-0.39, 0.29) is 18.6 Å². The smallest absolute Gasteiger partial charge is 0.161 e. The lowest BCUT2D eigenvalue weighted by molar-refractivity contribution is 0.246. The van der Waals surface area contributed by atoms with Crippen LogP contribution in [-0.2, 0) is 6.54 Å². The van der Waals surface area contributed by atoms with Crippen LogP contribution in [0.25, 0.3) is 11.1 Å². The predicted octanol–water partition coefficient (Wildman–Crippen LogP) is 3.40. The minimum Gasteiger partial charge on any atom is -0.493 e. The van der Waals surface area contributed by atoms with Gasteiger partial charge < -0.3 is 19.9 Å². The van der Waals surface area contributed by atoms with Crippen LogP contribution in [0.2, 0.25) is 0 Å². The molecule has 0 aromatic heterocycles. The summed E-state index contributed by atoms with van der Waals surface area (Å²) in [6.07, 6.45) is 5.17. The van der Waals surface area contributed by atoms with Crippen LogP contribution in [0.1, 0.15) is 12.0 Å². The van der Waals surface area contributed by atoms with Crippen LogP contribution in [0.3, 0.4) is 0 Å². The van der Waals surface area contributed by atoms with E-state index in [4.69, 9.17) is 9.47 Å². The van der Waals surface area contributed by atoms with Gasteiger partial charge in [-0.3, -0.25) is 0 Å². The molecule has 3 rings (SSSR count). The second-order valence-corrected chi connectivity index (χ2v) is 6.28. The van der Waals surface area contributed by atoms with Crippen molar-refractivity contribution in [3.05, 3.63) is 60.2 Å². The second kappa shape index (κ2) is 8.19. The van der Waals surface area contributed by atoms with Crippen LogP contribution in [0.5, 0.6) is 11.5 Å². The molecule has 0 aliphatic heterocycles. The molecule has 0 fully saturated rings. The molecule has 0 radical (unpaired) electrons. The van der Waals surface area contributed by atoms with Crippen molar-refractivity contribution in [2.45, 2.75) is 19.0 Å². The number of rotatable bonds is 7. The molecule has 132 valence electrons. The van der Waals surface area contributed by atoms with Crippen LogP contribution in [-0.4, -0.2) is 32.0 Å². The number of aliphatic hydroxyl groups excluding tert-OH is 1. The van der Waals surface area contributed by atoms with Crippen molar-refractivity contribution >= 4 is 0 Å². The Labute approximate surface area is 149 Å². The van der Waals surface area contributed by atoms with E-state index in [0.717, 1.165) is 41.2 Å². The summed E-state index contributed by atoms with van der Waals surface area (Å²) in [5.74, 6) is 1.72. The van der Waals surface area contributed by atoms with E-state index < -0.39 is 0 Å². The fourth-order valence-corrected chi connectivity index (χ4v) is 3.26. The number of aliphatic hydroxyl groups is 1. The molecule has 4 nitrogen and oxygen atoms in total. The molecule has 0 amide bonds. The molecule has 4 heteroatoms. The Hall–Kier alpha value is -2.30. The molecule has 0 bridgehead atoms. The topological polar surface area (TPSA) is 50.7 Å². The van der Waals surface area contributed by atoms with E-state index in [9.17, 15) is 5.11 Å². The molecule has 0 unspecified atom stereocenters. The standard InChI is InChI=1S/C21H25NO3/c1-24-20-11-17(13-22-18-9-8-15(10-18)14-23)19(12-21(20)25-2)16-6-4-3-5-7-16/h3-9,11-12,15,18,22-23H,10,13-14H2,1-2H3/t15-,18+/m0/s1. The van der Waals surface area contributed by atoms with Crippen molar-refractivity contribution in [2.24, 2.45) is 5.92 Å². The van der Waals surface area contributed by atoms with Gasteiger partial charge in [0, 0.05) is 25.1 Å². The van der Waals surface area contributed by atoms with Gasteiger partial charge in [-0.15, -0.1) is 0 Å². The molecule has 2 aromatic rings. The van der Waals surface area contributed by atoms with E-state index in [1.807, 2.05) is 30.3 Å². The summed E-state index contributed by atoms with van der Waals surface area (Å²) in [6.45, 7) is 0.929. The van der Waals surface area contributed by atoms with Crippen LogP contribution in [0.15, 0.2) is 54.6 Å². The Bertz CT molecular complexity index is 727. The molecule has 25 heavy (non-hydrogen) atoms. The number of hydrogen-bond acceptors (Lipinski definition) is 4. The number of nitrogens with one attached hydrogen (secondary N) is 1. The first-order chi connectivity index (χ1) is 12.2. The molecule has 0 spiro atoms. The first-order valence-electron chi connectivity index (χ1n) is 8.58. The zero-order valence-corrected chi connectivity index (χ0v) is 14.7. The summed E-state index contributed by atoms with van der Waals surface area (Å²) >= 11 is 0. The number of benzene rings is 2. The van der Waals surface area contributed by atoms with Gasteiger partial charge in [-0.25, -0.2) is 0 Å². The first-order valence-corrected chi connectivity index (χ1v) is 8.58. The van der Waals surface area contributed by atoms with Crippen LogP contribution in [0.4, 0.5) is 0 Å². The van der Waals surface area contributed by atoms with Crippen LogP contribution in [0, 0.1) is 5.92 Å². The maximum atomic E-state index is 9.28. The summed E-state index contributed by atoms with van der Waals surface area (Å²) in [4.78, 5) is 0. The van der Waals surface area contributed by atoms with Gasteiger partial charge in [-0.2, -0.15) is 0 Å². The monoisotopic (exact) mass is 339 g/mol. The summed E-state index contributed by atoms with van der Waals surface area (Å²) in [5.41, 5.74) is 3.44. The van der Waals surface area contributed by atoms with Gasteiger partial charge in [-0.05, 0) is 35.2 Å². The third-order valence-corrected chi connectivity index (χ3v) is 4.66. The van der Waals surface area contributed by atoms with Gasteiger partial charge in [0.05, 0.1) is 14.2 Å². The largest absolute Gasteiger partial charge is 0.493 e. The molecule has 1 aliphatic rings. The highest BCUT2D eigenvalue weighted by Gasteiger charge is 2.19. The fourth-order valence-electron chi connectivity index (χ4n) is 3.26. The van der Waals surface area contributed by atoms with E-state index in [1.54, 1.807) is 14.2 Å². The minimum absolute atomic E-state index is 0.209. The van der Waals surface area contributed by atoms with Crippen molar-refractivity contribution in [3.63, 3.8) is 0 Å². The van der Waals surface area contributed by atoms with Crippen molar-refractivity contribution in [2.75, 3.05) is 20.8 Å². The highest BCUT2D eigenvalue weighted by molar-refractivity contribution is 5.71. The summed E-state index contributed by atoms with van der Waals surface area (Å²) in [6, 6.07) is 14.6. The van der Waals surface area contributed by atoms with Gasteiger partial charge >= 0.3 is 0 Å². The SMILES string of the molecule is COc1cc(CN[C@@H]2C=C[C@H](CO)C2)c(-c2ccccc2)cc1OC. The van der Waals surface area contributed by atoms with E-state index in [0.29, 0.717) is 0 Å². The molecular weight excluding hydrogens is 314 g/mol. The molecule has 0 heterocycles. The Balaban J connectivity index is 1.87. The Morgan fingerprint density at radius 1 is 1.04 bits per heavy atom. The zero-order valence-electron chi connectivity index (χ0n) is 14.7. The van der Waals surface area contributed by atoms with Crippen LogP contribution < -0.4 is 14.8 Å². The highest BCUT2D eigenvalue weighted by Crippen LogP contribution is 2.36. The Kier molecular flexibility index (Phi) is 5.74. The Morgan fingerprint density at radius 3 is 2.40 bits per heavy atom. The van der Waals surface area contributed by atoms with Gasteiger partial charge in [-0.1, -0.05) is 42.5 Å². The molecule has 1 aliphatic carbocycles. The third-order valence-electron chi connectivity index (χ3n) is 4.66. The van der Waals surface area contributed by atoms with E-state index >= 15 is 0 Å². The number of methoxy groups -OCH3 is 2. The minimum atomic E-state index is 0.209.